The number of carbonyl (C=O) groups excluding carboxylic acids is 1. The number of halogens is 1. The number of benzene rings is 1. The number of methoxy groups -OCH3 is 1. The number of fused-ring (bicyclic) bond motifs is 1. The molecular weight excluding hydrogens is 380 g/mol. The van der Waals surface area contributed by atoms with E-state index in [1.165, 1.54) is 7.11 Å². The van der Waals surface area contributed by atoms with Gasteiger partial charge in [-0.1, -0.05) is 12.1 Å². The number of esters is 1. The van der Waals surface area contributed by atoms with Crippen molar-refractivity contribution in [1.82, 2.24) is 15.0 Å². The number of anilines is 1. The Hall–Kier alpha value is -2.77. The third kappa shape index (κ3) is 3.50. The lowest BCUT2D eigenvalue weighted by molar-refractivity contribution is 0.0601. The minimum atomic E-state index is -0.392. The molecular formula is C20H19ClN4O3. The first-order chi connectivity index (χ1) is 13.6. The molecule has 0 radical (unpaired) electrons. The number of ether oxygens (including phenoxy) is 2. The van der Waals surface area contributed by atoms with Crippen LogP contribution in [0.2, 0.25) is 5.28 Å². The van der Waals surface area contributed by atoms with E-state index < -0.39 is 5.97 Å². The maximum atomic E-state index is 11.8. The van der Waals surface area contributed by atoms with Crippen LogP contribution in [0.5, 0.6) is 0 Å². The van der Waals surface area contributed by atoms with Gasteiger partial charge in [0.05, 0.1) is 43.0 Å². The van der Waals surface area contributed by atoms with Gasteiger partial charge in [0.2, 0.25) is 5.28 Å². The number of hydrogen-bond acceptors (Lipinski definition) is 7. The SMILES string of the molecule is COC(=O)c1cccc(-c2ccc3c(N4CCOC[C@@H]4C)nc(Cl)nc3n2)c1. The molecule has 144 valence electrons. The molecule has 4 rings (SSSR count). The molecule has 0 unspecified atom stereocenters. The fraction of sp³-hybridized carbons (Fsp3) is 0.300. The highest BCUT2D eigenvalue weighted by molar-refractivity contribution is 6.28. The average Bonchev–Trinajstić information content (AvgIpc) is 2.72. The van der Waals surface area contributed by atoms with Crippen molar-refractivity contribution in [2.24, 2.45) is 0 Å². The smallest absolute Gasteiger partial charge is 0.337 e. The second-order valence-corrected chi connectivity index (χ2v) is 6.91. The van der Waals surface area contributed by atoms with E-state index in [0.717, 1.165) is 23.3 Å². The first kappa shape index (κ1) is 18.6. The van der Waals surface area contributed by atoms with Crippen LogP contribution in [-0.2, 0) is 9.47 Å². The number of morpholine rings is 1. The van der Waals surface area contributed by atoms with Crippen molar-refractivity contribution in [3.05, 3.63) is 47.2 Å². The van der Waals surface area contributed by atoms with E-state index >= 15 is 0 Å². The summed E-state index contributed by atoms with van der Waals surface area (Å²) in [5.74, 6) is 0.366. The number of carbonyl (C=O) groups is 1. The third-order valence-corrected chi connectivity index (χ3v) is 4.90. The van der Waals surface area contributed by atoms with Gasteiger partial charge < -0.3 is 14.4 Å². The third-order valence-electron chi connectivity index (χ3n) is 4.73. The van der Waals surface area contributed by atoms with Crippen molar-refractivity contribution in [2.75, 3.05) is 31.8 Å². The summed E-state index contributed by atoms with van der Waals surface area (Å²) in [6.45, 7) is 4.09. The molecule has 1 aliphatic rings. The molecule has 0 N–H and O–H groups in total. The van der Waals surface area contributed by atoms with Crippen molar-refractivity contribution >= 4 is 34.4 Å². The minimum absolute atomic E-state index is 0.147. The van der Waals surface area contributed by atoms with Crippen molar-refractivity contribution in [1.29, 1.82) is 0 Å². The molecule has 0 amide bonds. The van der Waals surface area contributed by atoms with Gasteiger partial charge in [-0.25, -0.2) is 9.78 Å². The largest absolute Gasteiger partial charge is 0.465 e. The fourth-order valence-corrected chi connectivity index (χ4v) is 3.47. The Labute approximate surface area is 167 Å². The van der Waals surface area contributed by atoms with Crippen molar-refractivity contribution in [3.63, 3.8) is 0 Å². The summed E-state index contributed by atoms with van der Waals surface area (Å²) in [5, 5.41) is 0.972. The zero-order valence-electron chi connectivity index (χ0n) is 15.6. The molecule has 1 atom stereocenters. The summed E-state index contributed by atoms with van der Waals surface area (Å²) < 4.78 is 10.3. The van der Waals surface area contributed by atoms with Crippen LogP contribution in [0.15, 0.2) is 36.4 Å². The van der Waals surface area contributed by atoms with E-state index in [4.69, 9.17) is 21.1 Å². The van der Waals surface area contributed by atoms with E-state index in [1.54, 1.807) is 18.2 Å². The van der Waals surface area contributed by atoms with Crippen LogP contribution in [-0.4, -0.2) is 53.8 Å². The van der Waals surface area contributed by atoms with E-state index in [0.29, 0.717) is 30.1 Å². The summed E-state index contributed by atoms with van der Waals surface area (Å²) in [7, 11) is 1.36. The molecule has 1 fully saturated rings. The molecule has 1 saturated heterocycles. The fourth-order valence-electron chi connectivity index (χ4n) is 3.31. The van der Waals surface area contributed by atoms with Crippen molar-refractivity contribution in [2.45, 2.75) is 13.0 Å². The molecule has 2 aromatic heterocycles. The van der Waals surface area contributed by atoms with Crippen LogP contribution < -0.4 is 4.90 Å². The Morgan fingerprint density at radius 1 is 1.25 bits per heavy atom. The van der Waals surface area contributed by atoms with Crippen LogP contribution in [0.4, 0.5) is 5.82 Å². The first-order valence-electron chi connectivity index (χ1n) is 8.94. The van der Waals surface area contributed by atoms with Crippen molar-refractivity contribution < 1.29 is 14.3 Å². The highest BCUT2D eigenvalue weighted by Gasteiger charge is 2.23. The highest BCUT2D eigenvalue weighted by Crippen LogP contribution is 2.29. The highest BCUT2D eigenvalue weighted by atomic mass is 35.5. The van der Waals surface area contributed by atoms with Gasteiger partial charge in [-0.3, -0.25) is 0 Å². The van der Waals surface area contributed by atoms with E-state index in [-0.39, 0.29) is 11.3 Å². The average molecular weight is 399 g/mol. The van der Waals surface area contributed by atoms with Crippen LogP contribution in [0.1, 0.15) is 17.3 Å². The number of pyridine rings is 1. The van der Waals surface area contributed by atoms with Gasteiger partial charge in [-0.15, -0.1) is 0 Å². The van der Waals surface area contributed by atoms with Gasteiger partial charge in [0.25, 0.3) is 0 Å². The lowest BCUT2D eigenvalue weighted by atomic mass is 10.1. The molecule has 0 saturated carbocycles. The molecule has 28 heavy (non-hydrogen) atoms. The Morgan fingerprint density at radius 3 is 2.89 bits per heavy atom. The Bertz CT molecular complexity index is 1040. The summed E-state index contributed by atoms with van der Waals surface area (Å²) >= 11 is 6.19. The zero-order valence-corrected chi connectivity index (χ0v) is 16.3. The summed E-state index contributed by atoms with van der Waals surface area (Å²) in [6, 6.07) is 11.1. The molecule has 0 spiro atoms. The first-order valence-corrected chi connectivity index (χ1v) is 9.32. The van der Waals surface area contributed by atoms with E-state index in [9.17, 15) is 4.79 Å². The lowest BCUT2D eigenvalue weighted by Crippen LogP contribution is -2.44. The van der Waals surface area contributed by atoms with Crippen molar-refractivity contribution in [3.8, 4) is 11.3 Å². The molecule has 8 heteroatoms. The van der Waals surface area contributed by atoms with Crippen LogP contribution in [0.25, 0.3) is 22.3 Å². The molecule has 1 aromatic carbocycles. The Balaban J connectivity index is 1.79. The quantitative estimate of drug-likeness (QED) is 0.494. The maximum absolute atomic E-state index is 11.8. The topological polar surface area (TPSA) is 77.4 Å². The number of aromatic nitrogens is 3. The molecule has 3 aromatic rings. The van der Waals surface area contributed by atoms with Gasteiger partial charge in [-0.2, -0.15) is 9.97 Å². The van der Waals surface area contributed by atoms with Crippen LogP contribution >= 0.6 is 11.6 Å². The van der Waals surface area contributed by atoms with E-state index in [1.807, 2.05) is 18.2 Å². The van der Waals surface area contributed by atoms with Gasteiger partial charge in [0, 0.05) is 12.1 Å². The van der Waals surface area contributed by atoms with Gasteiger partial charge in [0.1, 0.15) is 5.82 Å². The summed E-state index contributed by atoms with van der Waals surface area (Å²) in [6.07, 6.45) is 0. The molecule has 0 bridgehead atoms. The van der Waals surface area contributed by atoms with Gasteiger partial charge in [-0.05, 0) is 42.8 Å². The summed E-state index contributed by atoms with van der Waals surface area (Å²) in [5.41, 5.74) is 2.45. The van der Waals surface area contributed by atoms with Gasteiger partial charge >= 0.3 is 5.97 Å². The summed E-state index contributed by atoms with van der Waals surface area (Å²) in [4.78, 5) is 27.4. The van der Waals surface area contributed by atoms with E-state index in [2.05, 4.69) is 26.8 Å². The predicted octanol–water partition coefficient (Wildman–Crippen LogP) is 3.36. The molecule has 7 nitrogen and oxygen atoms in total. The van der Waals surface area contributed by atoms with Crippen LogP contribution in [0.3, 0.4) is 0 Å². The number of nitrogens with zero attached hydrogens (tertiary/aromatic N) is 4. The van der Waals surface area contributed by atoms with Gasteiger partial charge in [0.15, 0.2) is 5.65 Å². The predicted molar refractivity (Wildman–Crippen MR) is 107 cm³/mol. The number of rotatable bonds is 3. The maximum Gasteiger partial charge on any atom is 0.337 e. The Kier molecular flexibility index (Phi) is 5.11. The monoisotopic (exact) mass is 398 g/mol. The Morgan fingerprint density at radius 2 is 2.11 bits per heavy atom. The normalized spacial score (nSPS) is 17.0. The lowest BCUT2D eigenvalue weighted by Gasteiger charge is -2.34. The zero-order chi connectivity index (χ0) is 19.7. The van der Waals surface area contributed by atoms with Crippen LogP contribution in [0, 0.1) is 0 Å². The minimum Gasteiger partial charge on any atom is -0.465 e. The second-order valence-electron chi connectivity index (χ2n) is 6.57. The molecule has 0 aliphatic carbocycles. The standard InChI is InChI=1S/C20H19ClN4O3/c1-12-11-28-9-8-25(12)18-15-6-7-16(22-17(15)23-20(21)24-18)13-4-3-5-14(10-13)19(26)27-2/h3-7,10,12H,8-9,11H2,1-2H3/t12-/m0/s1. The second kappa shape index (κ2) is 7.69. The molecule has 3 heterocycles. The molecule has 1 aliphatic heterocycles. The number of hydrogen-bond donors (Lipinski definition) is 0.